The highest BCUT2D eigenvalue weighted by Gasteiger charge is 2.08. The summed E-state index contributed by atoms with van der Waals surface area (Å²) in [5.41, 5.74) is 3.31. The average molecular weight is 232 g/mol. The van der Waals surface area contributed by atoms with Gasteiger partial charge in [-0.2, -0.15) is 5.48 Å². The summed E-state index contributed by atoms with van der Waals surface area (Å²) in [5.74, 6) is -1.01. The predicted molar refractivity (Wildman–Crippen MR) is 53.7 cm³/mol. The van der Waals surface area contributed by atoms with E-state index in [1.807, 2.05) is 0 Å². The number of nitrogens with one attached hydrogen (secondary N) is 1. The van der Waals surface area contributed by atoms with Crippen molar-refractivity contribution in [3.63, 3.8) is 0 Å². The lowest BCUT2D eigenvalue weighted by Gasteiger charge is -2.02. The lowest BCUT2D eigenvalue weighted by atomic mass is 10.5. The Labute approximate surface area is 90.8 Å². The van der Waals surface area contributed by atoms with Crippen LogP contribution in [0.25, 0.3) is 0 Å². The highest BCUT2D eigenvalue weighted by Crippen LogP contribution is 2.08. The van der Waals surface area contributed by atoms with Crippen LogP contribution in [0.15, 0.2) is 5.38 Å². The summed E-state index contributed by atoms with van der Waals surface area (Å²) < 4.78 is 4.77. The number of ether oxygens (including phenoxy) is 1. The molecule has 0 aromatic carbocycles. The molecule has 0 unspecified atom stereocenters. The molecule has 1 aromatic heterocycles. The van der Waals surface area contributed by atoms with Crippen LogP contribution >= 0.6 is 11.3 Å². The number of aromatic carboxylic acids is 1. The van der Waals surface area contributed by atoms with Crippen molar-refractivity contribution >= 4 is 17.3 Å². The minimum atomic E-state index is -1.01. The quantitative estimate of drug-likeness (QED) is 0.526. The second-order valence-electron chi connectivity index (χ2n) is 2.61. The first-order chi connectivity index (χ1) is 7.24. The first-order valence-electron chi connectivity index (χ1n) is 4.25. The normalized spacial score (nSPS) is 10.5. The molecule has 1 heterocycles. The third-order valence-corrected chi connectivity index (χ3v) is 2.36. The first kappa shape index (κ1) is 12.1. The molecule has 0 aliphatic heterocycles. The van der Waals surface area contributed by atoms with Gasteiger partial charge in [-0.25, -0.2) is 9.78 Å². The van der Waals surface area contributed by atoms with Gasteiger partial charge in [0.2, 0.25) is 5.01 Å². The Kier molecular flexibility index (Phi) is 5.19. The molecule has 2 N–H and O–H groups in total. The second kappa shape index (κ2) is 6.46. The molecule has 1 rings (SSSR count). The molecule has 0 radical (unpaired) electrons. The van der Waals surface area contributed by atoms with Crippen LogP contribution in [0.2, 0.25) is 0 Å². The molecule has 0 saturated heterocycles. The fourth-order valence-corrected chi connectivity index (χ4v) is 1.46. The van der Waals surface area contributed by atoms with E-state index in [4.69, 9.17) is 14.7 Å². The number of thiazole rings is 1. The van der Waals surface area contributed by atoms with Gasteiger partial charge in [0.15, 0.2) is 0 Å². The van der Waals surface area contributed by atoms with Crippen molar-refractivity contribution in [1.82, 2.24) is 10.5 Å². The topological polar surface area (TPSA) is 80.7 Å². The predicted octanol–water partition coefficient (Wildman–Crippen LogP) is 0.509. The lowest BCUT2D eigenvalue weighted by molar-refractivity contribution is 0.00303. The molecule has 0 saturated carbocycles. The molecule has 0 fully saturated rings. The van der Waals surface area contributed by atoms with Crippen molar-refractivity contribution in [1.29, 1.82) is 0 Å². The van der Waals surface area contributed by atoms with E-state index in [0.717, 1.165) is 11.3 Å². The van der Waals surface area contributed by atoms with Gasteiger partial charge < -0.3 is 9.84 Å². The van der Waals surface area contributed by atoms with E-state index >= 15 is 0 Å². The number of carbonyl (C=O) groups is 1. The number of rotatable bonds is 7. The summed E-state index contributed by atoms with van der Waals surface area (Å²) in [6.45, 7) is 1.32. The fourth-order valence-electron chi connectivity index (χ4n) is 0.809. The Bertz CT molecular complexity index is 315. The molecule has 6 nitrogen and oxygen atoms in total. The highest BCUT2D eigenvalue weighted by atomic mass is 32.1. The first-order valence-corrected chi connectivity index (χ1v) is 5.13. The number of hydrogen-bond donors (Lipinski definition) is 2. The number of methoxy groups -OCH3 is 1. The number of nitrogens with zero attached hydrogens (tertiary/aromatic N) is 1. The third kappa shape index (κ3) is 4.34. The maximum absolute atomic E-state index is 10.5. The summed E-state index contributed by atoms with van der Waals surface area (Å²) >= 11 is 1.10. The molecule has 0 aliphatic carbocycles. The summed E-state index contributed by atoms with van der Waals surface area (Å²) in [6, 6.07) is 0. The monoisotopic (exact) mass is 232 g/mol. The summed E-state index contributed by atoms with van der Waals surface area (Å²) in [7, 11) is 1.59. The van der Waals surface area contributed by atoms with Gasteiger partial charge in [0.25, 0.3) is 0 Å². The van der Waals surface area contributed by atoms with Crippen molar-refractivity contribution < 1.29 is 19.5 Å². The maximum Gasteiger partial charge on any atom is 0.365 e. The molecule has 0 atom stereocenters. The second-order valence-corrected chi connectivity index (χ2v) is 3.47. The molecular formula is C8H12N2O4S. The zero-order chi connectivity index (χ0) is 11.1. The standard InChI is InChI=1S/C8H12N2O4S/c1-13-2-3-14-9-4-6-5-15-7(10-6)8(11)12/h5,9H,2-4H2,1H3,(H,11,12). The van der Waals surface area contributed by atoms with Gasteiger partial charge in [-0.3, -0.25) is 4.84 Å². The fraction of sp³-hybridized carbons (Fsp3) is 0.500. The number of hydrogen-bond acceptors (Lipinski definition) is 6. The molecule has 1 aromatic rings. The summed E-state index contributed by atoms with van der Waals surface area (Å²) in [4.78, 5) is 19.4. The molecule has 0 spiro atoms. The van der Waals surface area contributed by atoms with Crippen LogP contribution in [-0.4, -0.2) is 36.4 Å². The summed E-state index contributed by atoms with van der Waals surface area (Å²) in [5, 5.41) is 10.4. The Balaban J connectivity index is 2.23. The Morgan fingerprint density at radius 3 is 3.07 bits per heavy atom. The van der Waals surface area contributed by atoms with Crippen LogP contribution in [0, 0.1) is 0 Å². The van der Waals surface area contributed by atoms with Crippen molar-refractivity contribution in [2.24, 2.45) is 0 Å². The van der Waals surface area contributed by atoms with Crippen LogP contribution in [0.3, 0.4) is 0 Å². The van der Waals surface area contributed by atoms with E-state index in [0.29, 0.717) is 25.5 Å². The lowest BCUT2D eigenvalue weighted by Crippen LogP contribution is -2.17. The van der Waals surface area contributed by atoms with Gasteiger partial charge in [-0.1, -0.05) is 0 Å². The number of hydroxylamine groups is 1. The van der Waals surface area contributed by atoms with E-state index < -0.39 is 5.97 Å². The number of carboxylic acids is 1. The largest absolute Gasteiger partial charge is 0.476 e. The minimum absolute atomic E-state index is 0.0868. The molecule has 84 valence electrons. The van der Waals surface area contributed by atoms with Crippen molar-refractivity contribution in [3.8, 4) is 0 Å². The van der Waals surface area contributed by atoms with E-state index in [1.165, 1.54) is 0 Å². The van der Waals surface area contributed by atoms with E-state index in [2.05, 4.69) is 10.5 Å². The van der Waals surface area contributed by atoms with Crippen LogP contribution in [0.5, 0.6) is 0 Å². The van der Waals surface area contributed by atoms with E-state index in [-0.39, 0.29) is 5.01 Å². The van der Waals surface area contributed by atoms with Crippen LogP contribution in [0.1, 0.15) is 15.5 Å². The molecule has 7 heteroatoms. The molecular weight excluding hydrogens is 220 g/mol. The van der Waals surface area contributed by atoms with Crippen molar-refractivity contribution in [2.45, 2.75) is 6.54 Å². The van der Waals surface area contributed by atoms with Gasteiger partial charge >= 0.3 is 5.97 Å². The zero-order valence-electron chi connectivity index (χ0n) is 8.23. The summed E-state index contributed by atoms with van der Waals surface area (Å²) in [6.07, 6.45) is 0. The maximum atomic E-state index is 10.5. The van der Waals surface area contributed by atoms with Gasteiger partial charge in [-0.15, -0.1) is 11.3 Å². The SMILES string of the molecule is COCCONCc1csc(C(=O)O)n1. The van der Waals surface area contributed by atoms with Crippen molar-refractivity contribution in [3.05, 3.63) is 16.1 Å². The van der Waals surface area contributed by atoms with Gasteiger partial charge in [0.05, 0.1) is 25.5 Å². The van der Waals surface area contributed by atoms with E-state index in [1.54, 1.807) is 12.5 Å². The zero-order valence-corrected chi connectivity index (χ0v) is 9.04. The van der Waals surface area contributed by atoms with Gasteiger partial charge in [0, 0.05) is 12.5 Å². The highest BCUT2D eigenvalue weighted by molar-refractivity contribution is 7.11. The average Bonchev–Trinajstić information content (AvgIpc) is 2.66. The number of aromatic nitrogens is 1. The molecule has 0 amide bonds. The van der Waals surface area contributed by atoms with E-state index in [9.17, 15) is 4.79 Å². The third-order valence-electron chi connectivity index (χ3n) is 1.48. The van der Waals surface area contributed by atoms with Crippen LogP contribution < -0.4 is 5.48 Å². The Morgan fingerprint density at radius 2 is 2.47 bits per heavy atom. The molecule has 0 bridgehead atoms. The van der Waals surface area contributed by atoms with Crippen LogP contribution in [0.4, 0.5) is 0 Å². The Hall–Kier alpha value is -1.02. The number of carboxylic acid groups (broad SMARTS) is 1. The minimum Gasteiger partial charge on any atom is -0.476 e. The van der Waals surface area contributed by atoms with Crippen LogP contribution in [-0.2, 0) is 16.1 Å². The molecule has 0 aliphatic rings. The van der Waals surface area contributed by atoms with Gasteiger partial charge in [-0.05, 0) is 0 Å². The smallest absolute Gasteiger partial charge is 0.365 e. The van der Waals surface area contributed by atoms with Crippen molar-refractivity contribution in [2.75, 3.05) is 20.3 Å². The van der Waals surface area contributed by atoms with Gasteiger partial charge in [0.1, 0.15) is 0 Å². The Morgan fingerprint density at radius 1 is 1.67 bits per heavy atom. The molecule has 15 heavy (non-hydrogen) atoms.